The molecule has 0 atom stereocenters. The quantitative estimate of drug-likeness (QED) is 0.728. The van der Waals surface area contributed by atoms with Crippen LogP contribution >= 0.6 is 0 Å². The molecule has 0 aliphatic rings. The highest BCUT2D eigenvalue weighted by Crippen LogP contribution is 2.09. The monoisotopic (exact) mass is 242 g/mol. The first-order valence-electron chi connectivity index (χ1n) is 5.54. The van der Waals surface area contributed by atoms with Gasteiger partial charge in [0.15, 0.2) is 0 Å². The molecule has 1 rings (SSSR count). The second-order valence-corrected chi connectivity index (χ2v) is 3.76. The highest BCUT2D eigenvalue weighted by molar-refractivity contribution is 5.91. The number of rotatable bonds is 7. The van der Waals surface area contributed by atoms with Crippen LogP contribution in [0.3, 0.4) is 0 Å². The van der Waals surface area contributed by atoms with Crippen molar-refractivity contribution in [1.82, 2.24) is 10.5 Å². The molecular formula is C11H18N2O4. The standard InChI is InChI=1S/C11H18N2O4/c1-8(2)16-6-4-5-12-11(14)9-7-10(15-3)13-17-9/h7-8H,4-6H2,1-3H3,(H,12,14). The van der Waals surface area contributed by atoms with Gasteiger partial charge in [0.2, 0.25) is 5.76 Å². The summed E-state index contributed by atoms with van der Waals surface area (Å²) in [6, 6.07) is 1.44. The Morgan fingerprint density at radius 2 is 2.35 bits per heavy atom. The molecule has 96 valence electrons. The highest BCUT2D eigenvalue weighted by Gasteiger charge is 2.12. The zero-order valence-corrected chi connectivity index (χ0v) is 10.4. The summed E-state index contributed by atoms with van der Waals surface area (Å²) in [6.45, 7) is 5.10. The predicted molar refractivity (Wildman–Crippen MR) is 61.1 cm³/mol. The van der Waals surface area contributed by atoms with Crippen molar-refractivity contribution in [2.24, 2.45) is 0 Å². The van der Waals surface area contributed by atoms with Crippen LogP contribution in [0, 0.1) is 0 Å². The summed E-state index contributed by atoms with van der Waals surface area (Å²) in [5, 5.41) is 6.24. The molecule has 17 heavy (non-hydrogen) atoms. The van der Waals surface area contributed by atoms with Gasteiger partial charge in [-0.3, -0.25) is 4.79 Å². The van der Waals surface area contributed by atoms with Crippen molar-refractivity contribution in [2.45, 2.75) is 26.4 Å². The number of nitrogens with zero attached hydrogens (tertiary/aromatic N) is 1. The lowest BCUT2D eigenvalue weighted by atomic mass is 10.4. The smallest absolute Gasteiger partial charge is 0.290 e. The molecule has 1 amide bonds. The minimum Gasteiger partial charge on any atom is -0.479 e. The summed E-state index contributed by atoms with van der Waals surface area (Å²) >= 11 is 0. The van der Waals surface area contributed by atoms with Crippen LogP contribution in [0.2, 0.25) is 0 Å². The van der Waals surface area contributed by atoms with Gasteiger partial charge in [0, 0.05) is 13.2 Å². The first-order chi connectivity index (χ1) is 8.13. The molecule has 6 nitrogen and oxygen atoms in total. The third kappa shape index (κ3) is 4.86. The molecule has 0 unspecified atom stereocenters. The third-order valence-corrected chi connectivity index (χ3v) is 1.98. The van der Waals surface area contributed by atoms with Crippen molar-refractivity contribution in [1.29, 1.82) is 0 Å². The fourth-order valence-corrected chi connectivity index (χ4v) is 1.14. The van der Waals surface area contributed by atoms with Crippen molar-refractivity contribution in [3.05, 3.63) is 11.8 Å². The molecule has 0 aromatic carbocycles. The van der Waals surface area contributed by atoms with E-state index in [0.717, 1.165) is 6.42 Å². The topological polar surface area (TPSA) is 73.6 Å². The van der Waals surface area contributed by atoms with Gasteiger partial charge >= 0.3 is 0 Å². The number of methoxy groups -OCH3 is 1. The first-order valence-corrected chi connectivity index (χ1v) is 5.54. The number of aromatic nitrogens is 1. The number of carbonyl (C=O) groups excluding carboxylic acids is 1. The summed E-state index contributed by atoms with van der Waals surface area (Å²) in [5.74, 6) is 0.135. The number of carbonyl (C=O) groups is 1. The van der Waals surface area contributed by atoms with Gasteiger partial charge in [-0.15, -0.1) is 0 Å². The molecule has 0 spiro atoms. The molecular weight excluding hydrogens is 224 g/mol. The maximum atomic E-state index is 11.5. The van der Waals surface area contributed by atoms with E-state index < -0.39 is 0 Å². The summed E-state index contributed by atoms with van der Waals surface area (Å²) in [7, 11) is 1.46. The summed E-state index contributed by atoms with van der Waals surface area (Å²) in [4.78, 5) is 11.5. The van der Waals surface area contributed by atoms with Crippen LogP contribution in [0.15, 0.2) is 10.6 Å². The molecule has 0 fully saturated rings. The molecule has 0 bridgehead atoms. The van der Waals surface area contributed by atoms with E-state index in [4.69, 9.17) is 14.0 Å². The fourth-order valence-electron chi connectivity index (χ4n) is 1.14. The average molecular weight is 242 g/mol. The van der Waals surface area contributed by atoms with Gasteiger partial charge in [-0.2, -0.15) is 0 Å². The van der Waals surface area contributed by atoms with E-state index in [9.17, 15) is 4.79 Å². The summed E-state index contributed by atoms with van der Waals surface area (Å²) < 4.78 is 14.9. The van der Waals surface area contributed by atoms with E-state index in [-0.39, 0.29) is 17.8 Å². The average Bonchev–Trinajstić information content (AvgIpc) is 2.76. The van der Waals surface area contributed by atoms with Gasteiger partial charge in [0.1, 0.15) is 0 Å². The van der Waals surface area contributed by atoms with Crippen molar-refractivity contribution in [2.75, 3.05) is 20.3 Å². The predicted octanol–water partition coefficient (Wildman–Crippen LogP) is 1.23. The van der Waals surface area contributed by atoms with Crippen molar-refractivity contribution in [3.63, 3.8) is 0 Å². The molecule has 0 aliphatic carbocycles. The van der Waals surface area contributed by atoms with Crippen LogP contribution in [0.5, 0.6) is 5.88 Å². The fraction of sp³-hybridized carbons (Fsp3) is 0.636. The second kappa shape index (κ2) is 6.90. The van der Waals surface area contributed by atoms with Gasteiger partial charge in [-0.1, -0.05) is 0 Å². The van der Waals surface area contributed by atoms with Gasteiger partial charge in [0.05, 0.1) is 19.3 Å². The zero-order chi connectivity index (χ0) is 12.7. The Morgan fingerprint density at radius 1 is 1.59 bits per heavy atom. The molecule has 1 aromatic rings. The minimum atomic E-state index is -0.301. The van der Waals surface area contributed by atoms with E-state index in [1.807, 2.05) is 13.8 Å². The highest BCUT2D eigenvalue weighted by atomic mass is 16.5. The Labute approximate surface area is 100 Å². The Hall–Kier alpha value is -1.56. The molecule has 0 aliphatic heterocycles. The number of amides is 1. The SMILES string of the molecule is COc1cc(C(=O)NCCCOC(C)C)on1. The minimum absolute atomic E-state index is 0.145. The van der Waals surface area contributed by atoms with Gasteiger partial charge in [0.25, 0.3) is 11.8 Å². The third-order valence-electron chi connectivity index (χ3n) is 1.98. The van der Waals surface area contributed by atoms with Crippen LogP contribution in [-0.2, 0) is 4.74 Å². The van der Waals surface area contributed by atoms with Gasteiger partial charge in [-0.05, 0) is 25.4 Å². The molecule has 0 saturated heterocycles. The van der Waals surface area contributed by atoms with E-state index in [1.165, 1.54) is 13.2 Å². The second-order valence-electron chi connectivity index (χ2n) is 3.76. The maximum Gasteiger partial charge on any atom is 0.290 e. The normalized spacial score (nSPS) is 10.6. The lowest BCUT2D eigenvalue weighted by Gasteiger charge is -2.07. The largest absolute Gasteiger partial charge is 0.479 e. The van der Waals surface area contributed by atoms with Gasteiger partial charge < -0.3 is 19.3 Å². The molecule has 0 radical (unpaired) electrons. The molecule has 6 heteroatoms. The number of ether oxygens (including phenoxy) is 2. The van der Waals surface area contributed by atoms with Gasteiger partial charge in [-0.25, -0.2) is 0 Å². The molecule has 1 N–H and O–H groups in total. The summed E-state index contributed by atoms with van der Waals surface area (Å²) in [5.41, 5.74) is 0. The van der Waals surface area contributed by atoms with Crippen molar-refractivity contribution >= 4 is 5.91 Å². The van der Waals surface area contributed by atoms with Crippen molar-refractivity contribution in [3.8, 4) is 5.88 Å². The Morgan fingerprint density at radius 3 is 2.94 bits per heavy atom. The zero-order valence-electron chi connectivity index (χ0n) is 10.4. The maximum absolute atomic E-state index is 11.5. The lowest BCUT2D eigenvalue weighted by Crippen LogP contribution is -2.25. The molecule has 0 saturated carbocycles. The lowest BCUT2D eigenvalue weighted by molar-refractivity contribution is 0.0752. The first kappa shape index (κ1) is 13.5. The Balaban J connectivity index is 2.21. The molecule has 1 aromatic heterocycles. The van der Waals surface area contributed by atoms with E-state index >= 15 is 0 Å². The summed E-state index contributed by atoms with van der Waals surface area (Å²) in [6.07, 6.45) is 0.971. The van der Waals surface area contributed by atoms with Crippen LogP contribution in [0.4, 0.5) is 0 Å². The van der Waals surface area contributed by atoms with E-state index in [0.29, 0.717) is 19.0 Å². The molecule has 1 heterocycles. The van der Waals surface area contributed by atoms with Crippen LogP contribution in [-0.4, -0.2) is 37.4 Å². The van der Waals surface area contributed by atoms with Crippen LogP contribution in [0.1, 0.15) is 30.8 Å². The number of hydrogen-bond donors (Lipinski definition) is 1. The number of nitrogens with one attached hydrogen (secondary N) is 1. The van der Waals surface area contributed by atoms with E-state index in [1.54, 1.807) is 0 Å². The Kier molecular flexibility index (Phi) is 5.48. The van der Waals surface area contributed by atoms with Crippen molar-refractivity contribution < 1.29 is 18.8 Å². The van der Waals surface area contributed by atoms with Crippen LogP contribution in [0.25, 0.3) is 0 Å². The Bertz CT molecular complexity index is 349. The van der Waals surface area contributed by atoms with E-state index in [2.05, 4.69) is 10.5 Å². The van der Waals surface area contributed by atoms with Crippen LogP contribution < -0.4 is 10.1 Å². The number of hydrogen-bond acceptors (Lipinski definition) is 5.